The Hall–Kier alpha value is -2.03. The molecular formula is C19H17N3O2S3. The zero-order chi connectivity index (χ0) is 19.2. The van der Waals surface area contributed by atoms with E-state index in [2.05, 4.69) is 10.1 Å². The summed E-state index contributed by atoms with van der Waals surface area (Å²) >= 11 is 2.87. The fourth-order valence-electron chi connectivity index (χ4n) is 3.02. The number of aryl methyl sites for hydroxylation is 1. The highest BCUT2D eigenvalue weighted by atomic mass is 32.2. The molecule has 0 N–H and O–H groups in total. The van der Waals surface area contributed by atoms with E-state index in [1.165, 1.54) is 11.8 Å². The number of aromatic nitrogens is 3. The molecule has 2 aromatic heterocycles. The van der Waals surface area contributed by atoms with Crippen LogP contribution in [0, 0.1) is 6.92 Å². The summed E-state index contributed by atoms with van der Waals surface area (Å²) in [5.41, 5.74) is 1.15. The fraction of sp³-hybridized carbons (Fsp3) is 0.158. The lowest BCUT2D eigenvalue weighted by atomic mass is 10.1. The van der Waals surface area contributed by atoms with Crippen molar-refractivity contribution in [1.29, 1.82) is 0 Å². The van der Waals surface area contributed by atoms with Crippen LogP contribution in [0.2, 0.25) is 0 Å². The van der Waals surface area contributed by atoms with E-state index in [0.717, 1.165) is 21.4 Å². The first-order chi connectivity index (χ1) is 13.0. The summed E-state index contributed by atoms with van der Waals surface area (Å²) in [7, 11) is -3.77. The van der Waals surface area contributed by atoms with Crippen LogP contribution in [-0.4, -0.2) is 35.5 Å². The van der Waals surface area contributed by atoms with Gasteiger partial charge in [0, 0.05) is 11.1 Å². The lowest BCUT2D eigenvalue weighted by molar-refractivity contribution is 0.595. The van der Waals surface area contributed by atoms with Gasteiger partial charge in [-0.15, -0.1) is 23.5 Å². The van der Waals surface area contributed by atoms with E-state index in [9.17, 15) is 8.42 Å². The van der Waals surface area contributed by atoms with Gasteiger partial charge in [0.05, 0.1) is 10.6 Å². The van der Waals surface area contributed by atoms with Crippen molar-refractivity contribution in [3.05, 3.63) is 54.4 Å². The van der Waals surface area contributed by atoms with Crippen molar-refractivity contribution in [3.8, 4) is 0 Å². The van der Waals surface area contributed by atoms with E-state index in [1.807, 2.05) is 56.0 Å². The molecule has 8 heteroatoms. The number of benzene rings is 2. The summed E-state index contributed by atoms with van der Waals surface area (Å²) in [4.78, 5) is 5.94. The number of rotatable bonds is 4. The maximum absolute atomic E-state index is 13.5. The van der Waals surface area contributed by atoms with Crippen molar-refractivity contribution in [3.63, 3.8) is 0 Å². The van der Waals surface area contributed by atoms with E-state index >= 15 is 0 Å². The van der Waals surface area contributed by atoms with Gasteiger partial charge in [-0.05, 0) is 42.3 Å². The SMILES string of the molecule is CSc1cn2nc(SC)c(S(=O)(=O)c3ccc4ccccc4c3)c2nc1C. The Labute approximate surface area is 166 Å². The summed E-state index contributed by atoms with van der Waals surface area (Å²) in [6.45, 7) is 1.88. The largest absolute Gasteiger partial charge is 0.231 e. The monoisotopic (exact) mass is 415 g/mol. The first kappa shape index (κ1) is 18.3. The van der Waals surface area contributed by atoms with E-state index in [4.69, 9.17) is 0 Å². The minimum atomic E-state index is -3.77. The highest BCUT2D eigenvalue weighted by Crippen LogP contribution is 2.34. The van der Waals surface area contributed by atoms with Gasteiger partial charge < -0.3 is 0 Å². The smallest absolute Gasteiger partial charge is 0.213 e. The quantitative estimate of drug-likeness (QED) is 0.458. The highest BCUT2D eigenvalue weighted by molar-refractivity contribution is 7.99. The predicted molar refractivity (Wildman–Crippen MR) is 111 cm³/mol. The van der Waals surface area contributed by atoms with Gasteiger partial charge in [-0.25, -0.2) is 17.9 Å². The van der Waals surface area contributed by atoms with Gasteiger partial charge in [-0.1, -0.05) is 30.3 Å². The van der Waals surface area contributed by atoms with Gasteiger partial charge in [0.2, 0.25) is 9.84 Å². The molecule has 0 amide bonds. The third kappa shape index (κ3) is 3.01. The van der Waals surface area contributed by atoms with Gasteiger partial charge >= 0.3 is 0 Å². The lowest BCUT2D eigenvalue weighted by Crippen LogP contribution is -2.04. The number of hydrogen-bond donors (Lipinski definition) is 0. The molecule has 0 bridgehead atoms. The molecule has 0 aliphatic heterocycles. The lowest BCUT2D eigenvalue weighted by Gasteiger charge is -2.07. The van der Waals surface area contributed by atoms with Crippen molar-refractivity contribution in [2.75, 3.05) is 12.5 Å². The number of fused-ring (bicyclic) bond motifs is 2. The van der Waals surface area contributed by atoms with Crippen molar-refractivity contribution in [1.82, 2.24) is 14.6 Å². The van der Waals surface area contributed by atoms with E-state index in [-0.39, 0.29) is 9.79 Å². The predicted octanol–water partition coefficient (Wildman–Crippen LogP) is 4.47. The third-order valence-electron chi connectivity index (χ3n) is 4.40. The molecule has 4 rings (SSSR count). The standard InChI is InChI=1S/C19H17N3O2S3/c1-12-16(25-2)11-22-18(20-12)17(19(21-22)26-3)27(23,24)15-9-8-13-6-4-5-7-14(13)10-15/h4-11H,1-3H3. The molecule has 0 spiro atoms. The van der Waals surface area contributed by atoms with Crippen LogP contribution in [0.4, 0.5) is 0 Å². The molecule has 0 saturated carbocycles. The molecule has 138 valence electrons. The molecule has 27 heavy (non-hydrogen) atoms. The second-order valence-electron chi connectivity index (χ2n) is 6.01. The van der Waals surface area contributed by atoms with E-state index < -0.39 is 9.84 Å². The van der Waals surface area contributed by atoms with Crippen molar-refractivity contribution in [2.24, 2.45) is 0 Å². The third-order valence-corrected chi connectivity index (χ3v) is 7.83. The Morgan fingerprint density at radius 2 is 1.74 bits per heavy atom. The Bertz CT molecular complexity index is 1280. The molecule has 0 aliphatic rings. The van der Waals surface area contributed by atoms with Gasteiger partial charge in [0.25, 0.3) is 0 Å². The molecule has 2 aromatic carbocycles. The zero-order valence-electron chi connectivity index (χ0n) is 15.0. The Balaban J connectivity index is 1.99. The van der Waals surface area contributed by atoms with Crippen molar-refractivity contribution in [2.45, 2.75) is 26.6 Å². The molecule has 4 aromatic rings. The van der Waals surface area contributed by atoms with Gasteiger partial charge in [-0.3, -0.25) is 0 Å². The number of nitrogens with zero attached hydrogens (tertiary/aromatic N) is 3. The second-order valence-corrected chi connectivity index (χ2v) is 9.54. The van der Waals surface area contributed by atoms with Gasteiger partial charge in [-0.2, -0.15) is 5.10 Å². The normalized spacial score (nSPS) is 12.1. The molecule has 0 unspecified atom stereocenters. The summed E-state index contributed by atoms with van der Waals surface area (Å²) in [6.07, 6.45) is 5.62. The number of hydrogen-bond acceptors (Lipinski definition) is 6. The molecule has 0 radical (unpaired) electrons. The minimum absolute atomic E-state index is 0.168. The summed E-state index contributed by atoms with van der Waals surface area (Å²) in [5.74, 6) is 0. The van der Waals surface area contributed by atoms with Crippen LogP contribution >= 0.6 is 23.5 Å². The van der Waals surface area contributed by atoms with Crippen LogP contribution in [-0.2, 0) is 9.84 Å². The maximum atomic E-state index is 13.5. The molecular weight excluding hydrogens is 398 g/mol. The van der Waals surface area contributed by atoms with Gasteiger partial charge in [0.1, 0.15) is 5.03 Å². The van der Waals surface area contributed by atoms with E-state index in [1.54, 1.807) is 28.4 Å². The maximum Gasteiger partial charge on any atom is 0.213 e. The Morgan fingerprint density at radius 1 is 1.00 bits per heavy atom. The Kier molecular flexibility index (Phi) is 4.65. The number of sulfone groups is 1. The molecule has 0 saturated heterocycles. The van der Waals surface area contributed by atoms with Crippen LogP contribution < -0.4 is 0 Å². The van der Waals surface area contributed by atoms with Crippen molar-refractivity contribution < 1.29 is 8.42 Å². The van der Waals surface area contributed by atoms with Crippen molar-refractivity contribution >= 4 is 49.8 Å². The molecule has 0 atom stereocenters. The van der Waals surface area contributed by atoms with Crippen LogP contribution in [0.5, 0.6) is 0 Å². The second kappa shape index (κ2) is 6.85. The highest BCUT2D eigenvalue weighted by Gasteiger charge is 2.29. The summed E-state index contributed by atoms with van der Waals surface area (Å²) in [6, 6.07) is 12.9. The van der Waals surface area contributed by atoms with Crippen LogP contribution in [0.15, 0.2) is 68.4 Å². The van der Waals surface area contributed by atoms with Crippen LogP contribution in [0.3, 0.4) is 0 Å². The first-order valence-corrected chi connectivity index (χ1v) is 12.1. The van der Waals surface area contributed by atoms with Crippen LogP contribution in [0.25, 0.3) is 16.4 Å². The average Bonchev–Trinajstić information content (AvgIpc) is 3.04. The van der Waals surface area contributed by atoms with Crippen LogP contribution in [0.1, 0.15) is 5.69 Å². The summed E-state index contributed by atoms with van der Waals surface area (Å²) in [5, 5.41) is 6.80. The molecule has 2 heterocycles. The fourth-order valence-corrected chi connectivity index (χ4v) is 6.01. The Morgan fingerprint density at radius 3 is 2.44 bits per heavy atom. The van der Waals surface area contributed by atoms with Gasteiger partial charge in [0.15, 0.2) is 10.5 Å². The van der Waals surface area contributed by atoms with E-state index in [0.29, 0.717) is 10.7 Å². The first-order valence-electron chi connectivity index (χ1n) is 8.17. The minimum Gasteiger partial charge on any atom is -0.231 e. The molecule has 0 aliphatic carbocycles. The molecule has 0 fully saturated rings. The zero-order valence-corrected chi connectivity index (χ0v) is 17.5. The average molecular weight is 416 g/mol. The topological polar surface area (TPSA) is 64.3 Å². The molecule has 5 nitrogen and oxygen atoms in total. The summed E-state index contributed by atoms with van der Waals surface area (Å²) < 4.78 is 28.5. The number of thioether (sulfide) groups is 2.